The predicted molar refractivity (Wildman–Crippen MR) is 87.0 cm³/mol. The number of hydrogen-bond donors (Lipinski definition) is 2. The second-order valence-corrected chi connectivity index (χ2v) is 5.43. The molecule has 1 rings (SSSR count). The summed E-state index contributed by atoms with van der Waals surface area (Å²) >= 11 is 6.06. The van der Waals surface area contributed by atoms with Crippen molar-refractivity contribution in [2.24, 2.45) is 0 Å². The summed E-state index contributed by atoms with van der Waals surface area (Å²) in [4.78, 5) is 11.6. The summed E-state index contributed by atoms with van der Waals surface area (Å²) in [6.07, 6.45) is 1.97. The molecule has 5 heteroatoms. The summed E-state index contributed by atoms with van der Waals surface area (Å²) in [5, 5.41) is 6.85. The van der Waals surface area contributed by atoms with Crippen molar-refractivity contribution in [1.82, 2.24) is 10.6 Å². The Kier molecular flexibility index (Phi) is 8.16. The fourth-order valence-electron chi connectivity index (χ4n) is 1.92. The normalized spacial score (nSPS) is 12.0. The smallest absolute Gasteiger partial charge is 0.257 e. The highest BCUT2D eigenvalue weighted by atomic mass is 35.5. The first-order valence-corrected chi connectivity index (χ1v) is 7.88. The van der Waals surface area contributed by atoms with E-state index in [1.165, 1.54) is 0 Å². The number of carbonyl (C=O) groups excluding carboxylic acids is 1. The van der Waals surface area contributed by atoms with Crippen LogP contribution in [0.4, 0.5) is 0 Å². The zero-order chi connectivity index (χ0) is 15.7. The molecule has 1 unspecified atom stereocenters. The van der Waals surface area contributed by atoms with E-state index in [0.717, 1.165) is 24.9 Å². The third-order valence-electron chi connectivity index (χ3n) is 3.07. The molecule has 0 saturated heterocycles. The van der Waals surface area contributed by atoms with Crippen LogP contribution in [0.25, 0.3) is 0 Å². The molecule has 21 heavy (non-hydrogen) atoms. The van der Waals surface area contributed by atoms with Crippen molar-refractivity contribution in [2.75, 3.05) is 19.7 Å². The van der Waals surface area contributed by atoms with Gasteiger partial charge in [0.1, 0.15) is 5.75 Å². The van der Waals surface area contributed by atoms with Gasteiger partial charge in [-0.1, -0.05) is 25.4 Å². The van der Waals surface area contributed by atoms with E-state index in [0.29, 0.717) is 17.3 Å². The highest BCUT2D eigenvalue weighted by molar-refractivity contribution is 6.30. The van der Waals surface area contributed by atoms with Gasteiger partial charge in [-0.2, -0.15) is 0 Å². The number of ether oxygens (including phenoxy) is 1. The molecule has 0 radical (unpaired) electrons. The first kappa shape index (κ1) is 17.8. The number of benzene rings is 1. The summed E-state index contributed by atoms with van der Waals surface area (Å²) < 4.78 is 5.64. The molecule has 0 aromatic heterocycles. The summed E-state index contributed by atoms with van der Waals surface area (Å²) in [5.74, 6) is 0.592. The minimum Gasteiger partial charge on any atom is -0.483 e. The van der Waals surface area contributed by atoms with Gasteiger partial charge in [0.2, 0.25) is 0 Å². The molecule has 0 heterocycles. The number of nitrogens with one attached hydrogen (secondary N) is 2. The molecule has 0 aliphatic carbocycles. The maximum Gasteiger partial charge on any atom is 0.257 e. The van der Waals surface area contributed by atoms with E-state index in [4.69, 9.17) is 16.3 Å². The summed E-state index contributed by atoms with van der Waals surface area (Å²) in [6, 6.07) is 5.59. The number of hydrogen-bond acceptors (Lipinski definition) is 3. The summed E-state index contributed by atoms with van der Waals surface area (Å²) in [7, 11) is 0. The van der Waals surface area contributed by atoms with Crippen LogP contribution in [0.1, 0.15) is 45.2 Å². The van der Waals surface area contributed by atoms with Crippen LogP contribution in [0.5, 0.6) is 5.75 Å². The van der Waals surface area contributed by atoms with Crippen molar-refractivity contribution >= 4 is 17.5 Å². The van der Waals surface area contributed by atoms with Crippen molar-refractivity contribution in [2.45, 2.75) is 39.7 Å². The zero-order valence-corrected chi connectivity index (χ0v) is 13.8. The molecule has 1 aromatic carbocycles. The molecule has 0 bridgehead atoms. The number of rotatable bonds is 9. The average Bonchev–Trinajstić information content (AvgIpc) is 2.49. The van der Waals surface area contributed by atoms with Gasteiger partial charge in [0.25, 0.3) is 5.91 Å². The maximum absolute atomic E-state index is 11.6. The topological polar surface area (TPSA) is 50.4 Å². The second-order valence-electron chi connectivity index (χ2n) is 5.00. The van der Waals surface area contributed by atoms with Crippen molar-refractivity contribution in [3.8, 4) is 5.75 Å². The zero-order valence-electron chi connectivity index (χ0n) is 13.0. The first-order chi connectivity index (χ1) is 10.1. The van der Waals surface area contributed by atoms with Gasteiger partial charge in [-0.05, 0) is 44.5 Å². The first-order valence-electron chi connectivity index (χ1n) is 7.50. The van der Waals surface area contributed by atoms with Crippen LogP contribution < -0.4 is 15.4 Å². The van der Waals surface area contributed by atoms with Crippen LogP contribution in [-0.2, 0) is 4.79 Å². The van der Waals surface area contributed by atoms with Gasteiger partial charge in [-0.3, -0.25) is 4.79 Å². The standard InChI is InChI=1S/C16H25ClN2O2/c1-4-8-18-12(3)14-10-13(17)6-7-15(14)21-11-16(20)19-9-5-2/h6-7,10,12,18H,4-5,8-9,11H2,1-3H3,(H,19,20). The Morgan fingerprint density at radius 3 is 2.67 bits per heavy atom. The maximum atomic E-state index is 11.6. The van der Waals surface area contributed by atoms with Gasteiger partial charge in [0, 0.05) is 23.2 Å². The van der Waals surface area contributed by atoms with Crippen molar-refractivity contribution in [3.05, 3.63) is 28.8 Å². The van der Waals surface area contributed by atoms with Crippen molar-refractivity contribution in [1.29, 1.82) is 0 Å². The minimum atomic E-state index is -0.105. The van der Waals surface area contributed by atoms with Gasteiger partial charge < -0.3 is 15.4 Å². The average molecular weight is 313 g/mol. The number of amides is 1. The third-order valence-corrected chi connectivity index (χ3v) is 3.30. The molecule has 0 fully saturated rings. The largest absolute Gasteiger partial charge is 0.483 e. The quantitative estimate of drug-likeness (QED) is 0.735. The predicted octanol–water partition coefficient (Wildman–Crippen LogP) is 3.31. The molecule has 1 aromatic rings. The van der Waals surface area contributed by atoms with E-state index in [1.807, 2.05) is 19.1 Å². The fraction of sp³-hybridized carbons (Fsp3) is 0.562. The molecule has 4 nitrogen and oxygen atoms in total. The Labute approximate surface area is 132 Å². The SMILES string of the molecule is CCCNC(=O)COc1ccc(Cl)cc1C(C)NCCC. The Hall–Kier alpha value is -1.26. The van der Waals surface area contributed by atoms with Gasteiger partial charge in [0.05, 0.1) is 0 Å². The Balaban J connectivity index is 2.70. The molecule has 0 spiro atoms. The van der Waals surface area contributed by atoms with E-state index in [2.05, 4.69) is 24.5 Å². The third kappa shape index (κ3) is 6.36. The summed E-state index contributed by atoms with van der Waals surface area (Å²) in [6.45, 7) is 7.81. The Morgan fingerprint density at radius 1 is 1.29 bits per heavy atom. The number of halogens is 1. The van der Waals surface area contributed by atoms with Gasteiger partial charge >= 0.3 is 0 Å². The van der Waals surface area contributed by atoms with Gasteiger partial charge in [0.15, 0.2) is 6.61 Å². The molecule has 2 N–H and O–H groups in total. The fourth-order valence-corrected chi connectivity index (χ4v) is 2.10. The lowest BCUT2D eigenvalue weighted by molar-refractivity contribution is -0.123. The molecule has 0 saturated carbocycles. The lowest BCUT2D eigenvalue weighted by atomic mass is 10.1. The van der Waals surface area contributed by atoms with E-state index in [1.54, 1.807) is 6.07 Å². The van der Waals surface area contributed by atoms with E-state index < -0.39 is 0 Å². The van der Waals surface area contributed by atoms with E-state index in [9.17, 15) is 4.79 Å². The van der Waals surface area contributed by atoms with E-state index in [-0.39, 0.29) is 18.6 Å². The highest BCUT2D eigenvalue weighted by Gasteiger charge is 2.13. The van der Waals surface area contributed by atoms with Crippen LogP contribution >= 0.6 is 11.6 Å². The molecule has 118 valence electrons. The molecular formula is C16H25ClN2O2. The lowest BCUT2D eigenvalue weighted by Crippen LogP contribution is -2.29. The summed E-state index contributed by atoms with van der Waals surface area (Å²) in [5.41, 5.74) is 0.972. The minimum absolute atomic E-state index is 0.0229. The highest BCUT2D eigenvalue weighted by Crippen LogP contribution is 2.28. The van der Waals surface area contributed by atoms with Gasteiger partial charge in [-0.25, -0.2) is 0 Å². The number of carbonyl (C=O) groups is 1. The van der Waals surface area contributed by atoms with Crippen molar-refractivity contribution < 1.29 is 9.53 Å². The molecule has 1 atom stereocenters. The van der Waals surface area contributed by atoms with Crippen molar-refractivity contribution in [3.63, 3.8) is 0 Å². The van der Waals surface area contributed by atoms with Gasteiger partial charge in [-0.15, -0.1) is 0 Å². The Bertz CT molecular complexity index is 452. The van der Waals surface area contributed by atoms with Crippen LogP contribution in [0.3, 0.4) is 0 Å². The van der Waals surface area contributed by atoms with Crippen LogP contribution in [0.15, 0.2) is 18.2 Å². The van der Waals surface area contributed by atoms with Crippen LogP contribution in [-0.4, -0.2) is 25.6 Å². The molecular weight excluding hydrogens is 288 g/mol. The Morgan fingerprint density at radius 2 is 2.00 bits per heavy atom. The van der Waals surface area contributed by atoms with Crippen LogP contribution in [0, 0.1) is 0 Å². The van der Waals surface area contributed by atoms with Crippen LogP contribution in [0.2, 0.25) is 5.02 Å². The molecule has 1 amide bonds. The molecule has 0 aliphatic heterocycles. The lowest BCUT2D eigenvalue weighted by Gasteiger charge is -2.18. The second kappa shape index (κ2) is 9.64. The molecule has 0 aliphatic rings. The monoisotopic (exact) mass is 312 g/mol. The van der Waals surface area contributed by atoms with E-state index >= 15 is 0 Å².